The van der Waals surface area contributed by atoms with Crippen molar-refractivity contribution in [1.29, 1.82) is 0 Å². The Kier molecular flexibility index (Phi) is 5.41. The van der Waals surface area contributed by atoms with Gasteiger partial charge in [-0.15, -0.1) is 11.3 Å². The number of aliphatic hydroxyl groups is 1. The number of hydrogen-bond donors (Lipinski definition) is 1. The number of piperazine rings is 1. The van der Waals surface area contributed by atoms with Crippen LogP contribution in [0.15, 0.2) is 11.4 Å². The van der Waals surface area contributed by atoms with Gasteiger partial charge in [0.2, 0.25) is 0 Å². The van der Waals surface area contributed by atoms with E-state index < -0.39 is 0 Å². The maximum absolute atomic E-state index is 8.78. The molecule has 0 amide bonds. The third kappa shape index (κ3) is 3.80. The van der Waals surface area contributed by atoms with E-state index in [1.54, 1.807) is 11.3 Å². The fraction of sp³-hybridized carbons (Fsp3) is 0.600. The maximum Gasteiger partial charge on any atom is 0.104 e. The zero-order valence-electron chi connectivity index (χ0n) is 11.7. The lowest BCUT2D eigenvalue weighted by atomic mass is 10.1. The van der Waals surface area contributed by atoms with Gasteiger partial charge >= 0.3 is 0 Å². The Hall–Kier alpha value is -0.860. The fourth-order valence-electron chi connectivity index (χ4n) is 2.60. The molecule has 0 radical (unpaired) electrons. The van der Waals surface area contributed by atoms with Gasteiger partial charge in [0.15, 0.2) is 0 Å². The normalized spacial score (nSPS) is 21.1. The quantitative estimate of drug-likeness (QED) is 0.851. The lowest BCUT2D eigenvalue weighted by Crippen LogP contribution is -2.51. The molecule has 1 saturated heterocycles. The Morgan fingerprint density at radius 1 is 1.47 bits per heavy atom. The van der Waals surface area contributed by atoms with Crippen LogP contribution in [-0.4, -0.2) is 53.7 Å². The van der Waals surface area contributed by atoms with Crippen LogP contribution in [0.1, 0.15) is 24.3 Å². The Bertz CT molecular complexity index is 460. The van der Waals surface area contributed by atoms with E-state index in [1.807, 2.05) is 6.07 Å². The summed E-state index contributed by atoms with van der Waals surface area (Å²) in [7, 11) is 0. The molecule has 1 aliphatic rings. The molecule has 104 valence electrons. The summed E-state index contributed by atoms with van der Waals surface area (Å²) in [5.41, 5.74) is 1.07. The molecule has 0 aliphatic carbocycles. The van der Waals surface area contributed by atoms with Crippen LogP contribution in [0.4, 0.5) is 0 Å². The predicted molar refractivity (Wildman–Crippen MR) is 80.3 cm³/mol. The van der Waals surface area contributed by atoms with Gasteiger partial charge in [-0.05, 0) is 24.9 Å². The van der Waals surface area contributed by atoms with Crippen molar-refractivity contribution in [3.05, 3.63) is 21.9 Å². The Balaban J connectivity index is 1.97. The first-order valence-corrected chi connectivity index (χ1v) is 7.75. The van der Waals surface area contributed by atoms with Crippen LogP contribution in [0.3, 0.4) is 0 Å². The lowest BCUT2D eigenvalue weighted by molar-refractivity contribution is 0.0840. The van der Waals surface area contributed by atoms with Crippen LogP contribution in [-0.2, 0) is 6.54 Å². The Labute approximate surface area is 119 Å². The minimum Gasteiger partial charge on any atom is -0.384 e. The molecule has 0 aromatic carbocycles. The van der Waals surface area contributed by atoms with Crippen LogP contribution in [0.5, 0.6) is 0 Å². The lowest BCUT2D eigenvalue weighted by Gasteiger charge is -2.39. The molecule has 0 spiro atoms. The number of hydrogen-bond acceptors (Lipinski definition) is 4. The molecule has 2 rings (SSSR count). The van der Waals surface area contributed by atoms with Gasteiger partial charge in [-0.3, -0.25) is 9.80 Å². The van der Waals surface area contributed by atoms with Crippen LogP contribution in [0.2, 0.25) is 0 Å². The zero-order valence-corrected chi connectivity index (χ0v) is 12.5. The molecule has 1 atom stereocenters. The smallest absolute Gasteiger partial charge is 0.104 e. The average Bonchev–Trinajstić information content (AvgIpc) is 2.84. The van der Waals surface area contributed by atoms with E-state index in [4.69, 9.17) is 5.11 Å². The van der Waals surface area contributed by atoms with Gasteiger partial charge in [0.05, 0.1) is 0 Å². The van der Waals surface area contributed by atoms with E-state index in [2.05, 4.69) is 40.9 Å². The predicted octanol–water partition coefficient (Wildman–Crippen LogP) is 1.62. The van der Waals surface area contributed by atoms with Crippen LogP contribution in [0, 0.1) is 11.8 Å². The van der Waals surface area contributed by atoms with Crippen molar-refractivity contribution in [3.63, 3.8) is 0 Å². The minimum atomic E-state index is -0.0680. The van der Waals surface area contributed by atoms with Gasteiger partial charge in [0.1, 0.15) is 6.61 Å². The number of rotatable bonds is 3. The molecule has 3 nitrogen and oxygen atoms in total. The van der Waals surface area contributed by atoms with Crippen molar-refractivity contribution in [2.24, 2.45) is 0 Å². The van der Waals surface area contributed by atoms with Gasteiger partial charge in [0, 0.05) is 42.7 Å². The van der Waals surface area contributed by atoms with Gasteiger partial charge < -0.3 is 5.11 Å². The van der Waals surface area contributed by atoms with Crippen molar-refractivity contribution in [3.8, 4) is 11.8 Å². The highest BCUT2D eigenvalue weighted by atomic mass is 32.1. The molecule has 0 bridgehead atoms. The van der Waals surface area contributed by atoms with Crippen molar-refractivity contribution in [2.45, 2.75) is 26.4 Å². The summed E-state index contributed by atoms with van der Waals surface area (Å²) in [4.78, 5) is 6.35. The van der Waals surface area contributed by atoms with Gasteiger partial charge in [-0.2, -0.15) is 0 Å². The topological polar surface area (TPSA) is 26.7 Å². The Morgan fingerprint density at radius 2 is 2.32 bits per heavy atom. The van der Waals surface area contributed by atoms with E-state index in [0.29, 0.717) is 6.04 Å². The number of likely N-dealkylation sites (N-methyl/N-ethyl adjacent to an activating group) is 1. The van der Waals surface area contributed by atoms with Gasteiger partial charge in [0.25, 0.3) is 0 Å². The van der Waals surface area contributed by atoms with E-state index in [9.17, 15) is 0 Å². The summed E-state index contributed by atoms with van der Waals surface area (Å²) in [6, 6.07) is 2.68. The second kappa shape index (κ2) is 7.06. The van der Waals surface area contributed by atoms with Crippen molar-refractivity contribution >= 4 is 11.3 Å². The summed E-state index contributed by atoms with van der Waals surface area (Å²) >= 11 is 1.76. The second-order valence-corrected chi connectivity index (χ2v) is 5.93. The number of nitrogens with zero attached hydrogens (tertiary/aromatic N) is 2. The third-order valence-electron chi connectivity index (χ3n) is 3.67. The zero-order chi connectivity index (χ0) is 13.7. The summed E-state index contributed by atoms with van der Waals surface area (Å²) in [5, 5.41) is 10.9. The first kappa shape index (κ1) is 14.5. The first-order chi connectivity index (χ1) is 9.24. The summed E-state index contributed by atoms with van der Waals surface area (Å²) in [6.07, 6.45) is 0. The molecule has 4 heteroatoms. The average molecular weight is 278 g/mol. The van der Waals surface area contributed by atoms with E-state index >= 15 is 0 Å². The van der Waals surface area contributed by atoms with Crippen molar-refractivity contribution in [1.82, 2.24) is 9.80 Å². The van der Waals surface area contributed by atoms with Crippen LogP contribution >= 0.6 is 11.3 Å². The molecule has 0 saturated carbocycles. The van der Waals surface area contributed by atoms with Crippen molar-refractivity contribution < 1.29 is 5.11 Å². The third-order valence-corrected chi connectivity index (χ3v) is 4.58. The highest BCUT2D eigenvalue weighted by Gasteiger charge is 2.22. The van der Waals surface area contributed by atoms with E-state index in [0.717, 1.165) is 38.3 Å². The molecule has 1 aromatic rings. The summed E-state index contributed by atoms with van der Waals surface area (Å²) < 4.78 is 0. The molecule has 1 aliphatic heterocycles. The Morgan fingerprint density at radius 3 is 3.00 bits per heavy atom. The molecular weight excluding hydrogens is 256 g/mol. The maximum atomic E-state index is 8.78. The number of aliphatic hydroxyl groups excluding tert-OH is 1. The van der Waals surface area contributed by atoms with E-state index in [1.165, 1.54) is 4.88 Å². The molecule has 1 aromatic heterocycles. The monoisotopic (exact) mass is 278 g/mol. The largest absolute Gasteiger partial charge is 0.384 e. The van der Waals surface area contributed by atoms with Crippen molar-refractivity contribution in [2.75, 3.05) is 32.8 Å². The molecule has 1 unspecified atom stereocenters. The molecule has 1 N–H and O–H groups in total. The SMILES string of the molecule is CCN1CCN(Cc2sccc2C#CCO)CC1C. The number of thiophene rings is 1. The summed E-state index contributed by atoms with van der Waals surface area (Å²) in [5.74, 6) is 5.78. The molecular formula is C15H22N2OS. The molecule has 2 heterocycles. The van der Waals surface area contributed by atoms with E-state index in [-0.39, 0.29) is 6.61 Å². The minimum absolute atomic E-state index is 0.0680. The summed E-state index contributed by atoms with van der Waals surface area (Å²) in [6.45, 7) is 9.99. The van der Waals surface area contributed by atoms with Crippen LogP contribution < -0.4 is 0 Å². The first-order valence-electron chi connectivity index (χ1n) is 6.87. The molecule has 1 fully saturated rings. The fourth-order valence-corrected chi connectivity index (χ4v) is 3.47. The molecule has 19 heavy (non-hydrogen) atoms. The van der Waals surface area contributed by atoms with Gasteiger partial charge in [-0.1, -0.05) is 18.8 Å². The second-order valence-electron chi connectivity index (χ2n) is 4.93. The standard InChI is InChI=1S/C15H22N2OS/c1-3-17-8-7-16(11-13(17)2)12-15-14(5-4-9-18)6-10-19-15/h6,10,13,18H,3,7-9,11-12H2,1-2H3. The van der Waals surface area contributed by atoms with Crippen LogP contribution in [0.25, 0.3) is 0 Å². The highest BCUT2D eigenvalue weighted by Crippen LogP contribution is 2.20. The van der Waals surface area contributed by atoms with Gasteiger partial charge in [-0.25, -0.2) is 0 Å². The highest BCUT2D eigenvalue weighted by molar-refractivity contribution is 7.10.